The van der Waals surface area contributed by atoms with Gasteiger partial charge in [0.2, 0.25) is 21.2 Å². The molecule has 2 amide bonds. The standard InChI is InChI=1S/C21H28N4O4S/c1-13(2)16-8-7-9-17(14(3)4)19(16)24-20(26)25-30(28,23-12-22)18-10-15(11-29-18)21(5,6)27/h7-11,13-14,27H,1-6H3,(H2,23,24,25,26,28). The molecule has 0 aliphatic rings. The maximum atomic E-state index is 13.2. The normalized spacial score (nSPS) is 13.6. The highest BCUT2D eigenvalue weighted by Crippen LogP contribution is 2.32. The van der Waals surface area contributed by atoms with Gasteiger partial charge in [-0.25, -0.2) is 13.7 Å². The largest absolute Gasteiger partial charge is 0.452 e. The summed E-state index contributed by atoms with van der Waals surface area (Å²) < 4.78 is 24.2. The van der Waals surface area contributed by atoms with Crippen LogP contribution in [0.4, 0.5) is 10.5 Å². The summed E-state index contributed by atoms with van der Waals surface area (Å²) in [5.41, 5.74) is 1.59. The van der Waals surface area contributed by atoms with E-state index < -0.39 is 21.5 Å². The van der Waals surface area contributed by atoms with E-state index in [4.69, 9.17) is 9.68 Å². The van der Waals surface area contributed by atoms with Crippen molar-refractivity contribution >= 4 is 21.6 Å². The summed E-state index contributed by atoms with van der Waals surface area (Å²) in [4.78, 5) is 12.8. The average Bonchev–Trinajstić information content (AvgIpc) is 3.12. The molecule has 1 unspecified atom stereocenters. The SMILES string of the molecule is CC(C)c1cccc(C(C)C)c1NC(=O)NS(=O)(=NC#N)c1cc(C(C)(C)O)co1. The van der Waals surface area contributed by atoms with Crippen LogP contribution < -0.4 is 10.0 Å². The van der Waals surface area contributed by atoms with E-state index in [9.17, 15) is 14.1 Å². The summed E-state index contributed by atoms with van der Waals surface area (Å²) in [6.45, 7) is 11.1. The quantitative estimate of drug-likeness (QED) is 0.565. The minimum absolute atomic E-state index is 0.145. The number of aliphatic hydroxyl groups is 1. The number of furan rings is 1. The Hall–Kier alpha value is -2.83. The number of nitrogens with one attached hydrogen (secondary N) is 2. The van der Waals surface area contributed by atoms with E-state index in [2.05, 4.69) is 14.4 Å². The maximum absolute atomic E-state index is 13.2. The van der Waals surface area contributed by atoms with Crippen LogP contribution in [0, 0.1) is 11.5 Å². The van der Waals surface area contributed by atoms with E-state index in [0.717, 1.165) is 11.1 Å². The minimum Gasteiger partial charge on any atom is -0.452 e. The van der Waals surface area contributed by atoms with Gasteiger partial charge in [0.05, 0.1) is 11.9 Å². The number of hydrogen-bond acceptors (Lipinski definition) is 6. The molecule has 0 radical (unpaired) electrons. The number of urea groups is 1. The van der Waals surface area contributed by atoms with Crippen molar-refractivity contribution < 1.29 is 18.5 Å². The number of nitrogens with zero attached hydrogens (tertiary/aromatic N) is 2. The Morgan fingerprint density at radius 1 is 1.23 bits per heavy atom. The van der Waals surface area contributed by atoms with E-state index in [-0.39, 0.29) is 16.9 Å². The van der Waals surface area contributed by atoms with Gasteiger partial charge in [-0.1, -0.05) is 50.3 Å². The number of amides is 2. The number of benzene rings is 1. The summed E-state index contributed by atoms with van der Waals surface area (Å²) in [7, 11) is -3.72. The minimum atomic E-state index is -3.72. The predicted molar refractivity (Wildman–Crippen MR) is 115 cm³/mol. The molecule has 0 saturated heterocycles. The van der Waals surface area contributed by atoms with Gasteiger partial charge in [0, 0.05) is 17.3 Å². The van der Waals surface area contributed by atoms with Crippen LogP contribution in [0.3, 0.4) is 0 Å². The number of carbonyl (C=O) groups is 1. The van der Waals surface area contributed by atoms with Crippen molar-refractivity contribution in [1.29, 1.82) is 5.26 Å². The Kier molecular flexibility index (Phi) is 6.95. The molecule has 0 fully saturated rings. The van der Waals surface area contributed by atoms with Crippen molar-refractivity contribution in [2.24, 2.45) is 4.36 Å². The van der Waals surface area contributed by atoms with E-state index in [0.29, 0.717) is 11.3 Å². The van der Waals surface area contributed by atoms with Gasteiger partial charge < -0.3 is 14.8 Å². The topological polar surface area (TPSA) is 128 Å². The molecule has 0 aliphatic heterocycles. The summed E-state index contributed by atoms with van der Waals surface area (Å²) in [6.07, 6.45) is 2.68. The molecule has 162 valence electrons. The smallest absolute Gasteiger partial charge is 0.332 e. The lowest BCUT2D eigenvalue weighted by Gasteiger charge is -2.20. The molecule has 3 N–H and O–H groups in total. The first-order valence-electron chi connectivity index (χ1n) is 9.57. The Bertz CT molecular complexity index is 1050. The molecule has 0 saturated carbocycles. The molecule has 9 heteroatoms. The fourth-order valence-electron chi connectivity index (χ4n) is 2.92. The molecule has 8 nitrogen and oxygen atoms in total. The van der Waals surface area contributed by atoms with Crippen LogP contribution >= 0.6 is 0 Å². The average molecular weight is 433 g/mol. The van der Waals surface area contributed by atoms with E-state index >= 15 is 0 Å². The molecule has 0 aliphatic carbocycles. The highest BCUT2D eigenvalue weighted by Gasteiger charge is 2.26. The predicted octanol–water partition coefficient (Wildman–Crippen LogP) is 4.80. The summed E-state index contributed by atoms with van der Waals surface area (Å²) >= 11 is 0. The highest BCUT2D eigenvalue weighted by atomic mass is 32.2. The van der Waals surface area contributed by atoms with Crippen molar-refractivity contribution in [3.63, 3.8) is 0 Å². The van der Waals surface area contributed by atoms with Crippen molar-refractivity contribution in [2.45, 2.75) is 64.1 Å². The van der Waals surface area contributed by atoms with Crippen molar-refractivity contribution in [3.8, 4) is 6.19 Å². The molecule has 2 aromatic rings. The molecular weight excluding hydrogens is 404 g/mol. The second kappa shape index (κ2) is 8.90. The second-order valence-electron chi connectivity index (χ2n) is 8.11. The van der Waals surface area contributed by atoms with Crippen LogP contribution in [0.25, 0.3) is 0 Å². The first-order chi connectivity index (χ1) is 13.9. The monoisotopic (exact) mass is 432 g/mol. The van der Waals surface area contributed by atoms with Gasteiger partial charge in [0.15, 0.2) is 0 Å². The third kappa shape index (κ3) is 5.20. The van der Waals surface area contributed by atoms with Crippen LogP contribution in [0.1, 0.15) is 70.1 Å². The third-order valence-electron chi connectivity index (χ3n) is 4.57. The van der Waals surface area contributed by atoms with Gasteiger partial charge in [-0.05, 0) is 36.8 Å². The number of hydrogen-bond donors (Lipinski definition) is 3. The lowest BCUT2D eigenvalue weighted by molar-refractivity contribution is 0.0779. The molecule has 0 spiro atoms. The van der Waals surface area contributed by atoms with Crippen molar-refractivity contribution in [1.82, 2.24) is 4.72 Å². The van der Waals surface area contributed by atoms with Crippen molar-refractivity contribution in [3.05, 3.63) is 47.2 Å². The van der Waals surface area contributed by atoms with Crippen molar-refractivity contribution in [2.75, 3.05) is 5.32 Å². The molecule has 1 aromatic heterocycles. The van der Waals surface area contributed by atoms with Crippen LogP contribution in [-0.2, 0) is 15.5 Å². The molecule has 1 atom stereocenters. The third-order valence-corrected chi connectivity index (χ3v) is 6.13. The second-order valence-corrected chi connectivity index (χ2v) is 9.95. The van der Waals surface area contributed by atoms with Crippen LogP contribution in [0.5, 0.6) is 0 Å². The number of nitriles is 1. The first-order valence-corrected chi connectivity index (χ1v) is 11.1. The molecule has 2 rings (SSSR count). The van der Waals surface area contributed by atoms with Gasteiger partial charge in [-0.3, -0.25) is 0 Å². The molecule has 1 heterocycles. The number of para-hydroxylation sites is 1. The Labute approximate surface area is 177 Å². The number of rotatable bonds is 6. The van der Waals surface area contributed by atoms with E-state index in [1.54, 1.807) is 0 Å². The zero-order valence-electron chi connectivity index (χ0n) is 18.0. The van der Waals surface area contributed by atoms with E-state index in [1.165, 1.54) is 32.4 Å². The lowest BCUT2D eigenvalue weighted by atomic mass is 9.93. The van der Waals surface area contributed by atoms with E-state index in [1.807, 2.05) is 45.9 Å². The molecule has 0 bridgehead atoms. The van der Waals surface area contributed by atoms with Crippen LogP contribution in [0.15, 0.2) is 44.4 Å². The fraction of sp³-hybridized carbons (Fsp3) is 0.429. The Balaban J connectivity index is 2.41. The highest BCUT2D eigenvalue weighted by molar-refractivity contribution is 7.92. The fourth-order valence-corrected chi connectivity index (χ4v) is 4.04. The van der Waals surface area contributed by atoms with Gasteiger partial charge in [0.25, 0.3) is 0 Å². The molecular formula is C21H28N4O4S. The molecule has 1 aromatic carbocycles. The summed E-state index contributed by atoms with van der Waals surface area (Å²) in [5, 5.41) is 21.6. The lowest BCUT2D eigenvalue weighted by Crippen LogP contribution is -2.34. The number of carbonyl (C=O) groups excluding carboxylic acids is 1. The zero-order valence-corrected chi connectivity index (χ0v) is 18.8. The molecule has 30 heavy (non-hydrogen) atoms. The summed E-state index contributed by atoms with van der Waals surface area (Å²) in [6, 6.07) is 6.31. The Morgan fingerprint density at radius 2 is 1.80 bits per heavy atom. The Morgan fingerprint density at radius 3 is 2.23 bits per heavy atom. The van der Waals surface area contributed by atoms with Gasteiger partial charge in [-0.2, -0.15) is 5.26 Å². The maximum Gasteiger partial charge on any atom is 0.332 e. The van der Waals surface area contributed by atoms with Gasteiger partial charge in [-0.15, -0.1) is 0 Å². The van der Waals surface area contributed by atoms with Crippen LogP contribution in [0.2, 0.25) is 0 Å². The zero-order chi connectivity index (χ0) is 22.7. The van der Waals surface area contributed by atoms with Crippen LogP contribution in [-0.4, -0.2) is 15.3 Å². The van der Waals surface area contributed by atoms with Gasteiger partial charge in [0.1, 0.15) is 0 Å². The summed E-state index contributed by atoms with van der Waals surface area (Å²) in [5.74, 6) is 0.290. The first kappa shape index (κ1) is 23.4. The van der Waals surface area contributed by atoms with Gasteiger partial charge >= 0.3 is 6.03 Å². The number of anilines is 1.